The third kappa shape index (κ3) is 4.14. The Balaban J connectivity index is 1.62. The molecule has 0 spiro atoms. The lowest BCUT2D eigenvalue weighted by molar-refractivity contribution is -0.135. The first-order valence-electron chi connectivity index (χ1n) is 9.20. The molecule has 1 amide bonds. The first-order chi connectivity index (χ1) is 13.6. The van der Waals surface area contributed by atoms with Crippen molar-refractivity contribution in [2.45, 2.75) is 19.4 Å². The second-order valence-corrected chi connectivity index (χ2v) is 7.53. The molecule has 0 N–H and O–H groups in total. The fourth-order valence-corrected chi connectivity index (χ4v) is 3.73. The van der Waals surface area contributed by atoms with Crippen LogP contribution in [-0.2, 0) is 22.5 Å². The summed E-state index contributed by atoms with van der Waals surface area (Å²) in [5.74, 6) is 0.980. The van der Waals surface area contributed by atoms with Crippen molar-refractivity contribution < 1.29 is 9.53 Å². The number of aryl methyl sites for hydroxylation is 1. The van der Waals surface area contributed by atoms with Gasteiger partial charge in [-0.2, -0.15) is 0 Å². The maximum atomic E-state index is 12.6. The van der Waals surface area contributed by atoms with Crippen LogP contribution in [0.3, 0.4) is 0 Å². The highest BCUT2D eigenvalue weighted by atomic mass is 35.5. The lowest BCUT2D eigenvalue weighted by Gasteiger charge is -2.27. The summed E-state index contributed by atoms with van der Waals surface area (Å²) in [5, 5.41) is 0.943. The number of imidazole rings is 1. The largest absolute Gasteiger partial charge is 0.378 e. The van der Waals surface area contributed by atoms with Gasteiger partial charge in [-0.1, -0.05) is 29.3 Å². The molecule has 0 aliphatic carbocycles. The smallest absolute Gasteiger partial charge is 0.224 e. The zero-order chi connectivity index (χ0) is 19.5. The summed E-state index contributed by atoms with van der Waals surface area (Å²) in [4.78, 5) is 23.4. The minimum absolute atomic E-state index is 0.123. The second-order valence-electron chi connectivity index (χ2n) is 6.72. The Labute approximate surface area is 173 Å². The Morgan fingerprint density at radius 1 is 1.18 bits per heavy atom. The predicted molar refractivity (Wildman–Crippen MR) is 109 cm³/mol. The van der Waals surface area contributed by atoms with Crippen molar-refractivity contribution in [1.29, 1.82) is 0 Å². The van der Waals surface area contributed by atoms with E-state index in [1.165, 1.54) is 0 Å². The molecule has 3 heterocycles. The molecule has 0 saturated carbocycles. The van der Waals surface area contributed by atoms with E-state index < -0.39 is 0 Å². The van der Waals surface area contributed by atoms with E-state index in [-0.39, 0.29) is 5.91 Å². The van der Waals surface area contributed by atoms with Gasteiger partial charge in [-0.25, -0.2) is 4.98 Å². The van der Waals surface area contributed by atoms with Gasteiger partial charge in [-0.05, 0) is 23.8 Å². The third-order valence-electron chi connectivity index (χ3n) is 4.87. The van der Waals surface area contributed by atoms with Gasteiger partial charge in [0.25, 0.3) is 0 Å². The van der Waals surface area contributed by atoms with Crippen molar-refractivity contribution in [2.75, 3.05) is 26.3 Å². The van der Waals surface area contributed by atoms with Crippen LogP contribution in [0.25, 0.3) is 11.0 Å². The average molecular weight is 419 g/mol. The number of fused-ring (bicyclic) bond motifs is 1. The van der Waals surface area contributed by atoms with Crippen molar-refractivity contribution in [3.8, 4) is 0 Å². The Kier molecular flexibility index (Phi) is 5.80. The number of hydrogen-bond acceptors (Lipinski definition) is 4. The number of halogens is 2. The molecule has 2 aromatic heterocycles. The summed E-state index contributed by atoms with van der Waals surface area (Å²) in [6, 6.07) is 7.50. The van der Waals surface area contributed by atoms with E-state index in [1.807, 2.05) is 29.3 Å². The summed E-state index contributed by atoms with van der Waals surface area (Å²) < 4.78 is 7.38. The number of aromatic nitrogens is 3. The van der Waals surface area contributed by atoms with Gasteiger partial charge < -0.3 is 14.2 Å². The monoisotopic (exact) mass is 418 g/mol. The molecule has 8 heteroatoms. The minimum Gasteiger partial charge on any atom is -0.378 e. The molecular weight excluding hydrogens is 399 g/mol. The number of pyridine rings is 1. The van der Waals surface area contributed by atoms with Gasteiger partial charge in [-0.3, -0.25) is 9.78 Å². The lowest BCUT2D eigenvalue weighted by Crippen LogP contribution is -2.41. The van der Waals surface area contributed by atoms with Gasteiger partial charge in [-0.15, -0.1) is 0 Å². The maximum Gasteiger partial charge on any atom is 0.224 e. The first-order valence-corrected chi connectivity index (χ1v) is 9.96. The van der Waals surface area contributed by atoms with Gasteiger partial charge in [0.2, 0.25) is 5.91 Å². The molecule has 1 saturated heterocycles. The molecular formula is C20H20Cl2N4O2. The molecule has 28 heavy (non-hydrogen) atoms. The highest BCUT2D eigenvalue weighted by molar-refractivity contribution is 6.42. The quantitative estimate of drug-likeness (QED) is 0.635. The number of ether oxygens (including phenoxy) is 1. The zero-order valence-corrected chi connectivity index (χ0v) is 16.8. The molecule has 3 aromatic rings. The van der Waals surface area contributed by atoms with Crippen molar-refractivity contribution in [1.82, 2.24) is 19.4 Å². The molecule has 146 valence electrons. The van der Waals surface area contributed by atoms with Crippen LogP contribution in [0.2, 0.25) is 10.0 Å². The highest BCUT2D eigenvalue weighted by Gasteiger charge is 2.19. The Bertz CT molecular complexity index is 985. The highest BCUT2D eigenvalue weighted by Crippen LogP contribution is 2.29. The van der Waals surface area contributed by atoms with Crippen LogP contribution in [0, 0.1) is 0 Å². The number of hydrogen-bond donors (Lipinski definition) is 0. The number of carbonyl (C=O) groups excluding carboxylic acids is 1. The van der Waals surface area contributed by atoms with Crippen molar-refractivity contribution in [2.24, 2.45) is 0 Å². The van der Waals surface area contributed by atoms with Crippen molar-refractivity contribution >= 4 is 40.1 Å². The molecule has 0 unspecified atom stereocenters. The van der Waals surface area contributed by atoms with Gasteiger partial charge in [0, 0.05) is 44.9 Å². The number of amides is 1. The SMILES string of the molecule is O=C(CCn1c(Cc2cccnc2)nc2cc(Cl)c(Cl)cc21)N1CCOCC1. The number of carbonyl (C=O) groups is 1. The standard InChI is InChI=1S/C20H20Cl2N4O2/c21-15-11-17-18(12-16(15)22)26(5-3-20(27)25-6-8-28-9-7-25)19(24-17)10-14-2-1-4-23-13-14/h1-2,4,11-13H,3,5-10H2. The summed E-state index contributed by atoms with van der Waals surface area (Å²) in [5.41, 5.74) is 2.70. The van der Waals surface area contributed by atoms with Crippen LogP contribution in [0.4, 0.5) is 0 Å². The molecule has 1 aromatic carbocycles. The van der Waals surface area contributed by atoms with E-state index in [0.717, 1.165) is 22.4 Å². The van der Waals surface area contributed by atoms with E-state index >= 15 is 0 Å². The second kappa shape index (κ2) is 8.47. The lowest BCUT2D eigenvalue weighted by atomic mass is 10.2. The predicted octanol–water partition coefficient (Wildman–Crippen LogP) is 3.58. The molecule has 0 atom stereocenters. The molecule has 4 rings (SSSR count). The third-order valence-corrected chi connectivity index (χ3v) is 5.59. The molecule has 6 nitrogen and oxygen atoms in total. The average Bonchev–Trinajstić information content (AvgIpc) is 3.03. The number of morpholine rings is 1. The molecule has 1 fully saturated rings. The van der Waals surface area contributed by atoms with E-state index in [2.05, 4.69) is 9.55 Å². The maximum absolute atomic E-state index is 12.6. The first kappa shape index (κ1) is 19.2. The molecule has 0 bridgehead atoms. The van der Waals surface area contributed by atoms with Crippen molar-refractivity contribution in [3.63, 3.8) is 0 Å². The van der Waals surface area contributed by atoms with E-state index in [4.69, 9.17) is 32.9 Å². The molecule has 1 aliphatic rings. The molecule has 1 aliphatic heterocycles. The minimum atomic E-state index is 0.123. The van der Waals surface area contributed by atoms with E-state index in [1.54, 1.807) is 12.3 Å². The Morgan fingerprint density at radius 2 is 1.96 bits per heavy atom. The number of rotatable bonds is 5. The number of nitrogens with zero attached hydrogens (tertiary/aromatic N) is 4. The van der Waals surface area contributed by atoms with E-state index in [0.29, 0.717) is 55.7 Å². The summed E-state index contributed by atoms with van der Waals surface area (Å²) >= 11 is 12.4. The van der Waals surface area contributed by atoms with Gasteiger partial charge in [0.1, 0.15) is 5.82 Å². The fourth-order valence-electron chi connectivity index (χ4n) is 3.42. The number of benzene rings is 1. The Hall–Kier alpha value is -2.15. The summed E-state index contributed by atoms with van der Waals surface area (Å²) in [7, 11) is 0. The Morgan fingerprint density at radius 3 is 2.71 bits per heavy atom. The van der Waals surface area contributed by atoms with Crippen LogP contribution in [0.5, 0.6) is 0 Å². The van der Waals surface area contributed by atoms with Crippen LogP contribution in [-0.4, -0.2) is 51.6 Å². The van der Waals surface area contributed by atoms with Gasteiger partial charge in [0.15, 0.2) is 0 Å². The van der Waals surface area contributed by atoms with Crippen LogP contribution in [0.1, 0.15) is 17.8 Å². The van der Waals surface area contributed by atoms with Crippen LogP contribution in [0.15, 0.2) is 36.7 Å². The normalized spacial score (nSPS) is 14.6. The van der Waals surface area contributed by atoms with Crippen LogP contribution < -0.4 is 0 Å². The topological polar surface area (TPSA) is 60.2 Å². The summed E-state index contributed by atoms with van der Waals surface area (Å²) in [6.45, 7) is 3.02. The van der Waals surface area contributed by atoms with E-state index in [9.17, 15) is 4.79 Å². The van der Waals surface area contributed by atoms with Gasteiger partial charge in [0.05, 0.1) is 34.3 Å². The van der Waals surface area contributed by atoms with Crippen LogP contribution >= 0.6 is 23.2 Å². The summed E-state index contributed by atoms with van der Waals surface area (Å²) in [6.07, 6.45) is 4.57. The zero-order valence-electron chi connectivity index (χ0n) is 15.3. The van der Waals surface area contributed by atoms with Gasteiger partial charge >= 0.3 is 0 Å². The van der Waals surface area contributed by atoms with Crippen molar-refractivity contribution in [3.05, 3.63) is 58.1 Å². The fraction of sp³-hybridized carbons (Fsp3) is 0.350. The molecule has 0 radical (unpaired) electrons.